The van der Waals surface area contributed by atoms with Gasteiger partial charge < -0.3 is 20.1 Å². The molecule has 0 radical (unpaired) electrons. The number of ether oxygens (including phenoxy) is 1. The van der Waals surface area contributed by atoms with Gasteiger partial charge in [0.1, 0.15) is 0 Å². The van der Waals surface area contributed by atoms with Gasteiger partial charge in [0.25, 0.3) is 0 Å². The quantitative estimate of drug-likeness (QED) is 0.704. The first-order valence-corrected chi connectivity index (χ1v) is 5.41. The predicted octanol–water partition coefficient (Wildman–Crippen LogP) is 0.137. The molecule has 2 N–H and O–H groups in total. The van der Waals surface area contributed by atoms with Crippen LogP contribution in [0.25, 0.3) is 0 Å². The Bertz CT molecular complexity index is 264. The maximum absolute atomic E-state index is 11.5. The second-order valence-corrected chi connectivity index (χ2v) is 3.89. The van der Waals surface area contributed by atoms with E-state index in [1.807, 2.05) is 13.8 Å². The number of nitrogens with zero attached hydrogens (tertiary/aromatic N) is 1. The molecular weight excluding hydrogens is 212 g/mol. The molecule has 1 aliphatic rings. The van der Waals surface area contributed by atoms with Gasteiger partial charge in [-0.2, -0.15) is 0 Å². The van der Waals surface area contributed by atoms with E-state index in [9.17, 15) is 9.59 Å². The van der Waals surface area contributed by atoms with E-state index >= 15 is 0 Å². The molecule has 1 rings (SSSR count). The van der Waals surface area contributed by atoms with Crippen molar-refractivity contribution in [3.8, 4) is 0 Å². The Kier molecular flexibility index (Phi) is 4.54. The highest BCUT2D eigenvalue weighted by Crippen LogP contribution is 2.15. The molecule has 1 aliphatic heterocycles. The van der Waals surface area contributed by atoms with Crippen LogP contribution in [-0.2, 0) is 9.53 Å². The summed E-state index contributed by atoms with van der Waals surface area (Å²) in [4.78, 5) is 23.5. The van der Waals surface area contributed by atoms with Gasteiger partial charge in [-0.25, -0.2) is 4.79 Å². The molecule has 1 heterocycles. The zero-order valence-corrected chi connectivity index (χ0v) is 9.60. The van der Waals surface area contributed by atoms with Crippen molar-refractivity contribution in [1.82, 2.24) is 10.2 Å². The lowest BCUT2D eigenvalue weighted by molar-refractivity contribution is -0.146. The Labute approximate surface area is 94.6 Å². The Morgan fingerprint density at radius 2 is 2.19 bits per heavy atom. The fourth-order valence-corrected chi connectivity index (χ4v) is 1.49. The van der Waals surface area contributed by atoms with Crippen molar-refractivity contribution < 1.29 is 19.4 Å². The van der Waals surface area contributed by atoms with Gasteiger partial charge in [-0.05, 0) is 13.8 Å². The number of carbonyl (C=O) groups excluding carboxylic acids is 1. The zero-order chi connectivity index (χ0) is 12.1. The molecule has 0 aromatic rings. The van der Waals surface area contributed by atoms with E-state index in [0.29, 0.717) is 26.2 Å². The van der Waals surface area contributed by atoms with Crippen molar-refractivity contribution >= 4 is 12.0 Å². The van der Waals surface area contributed by atoms with Gasteiger partial charge in [0.2, 0.25) is 0 Å². The fourth-order valence-electron chi connectivity index (χ4n) is 1.49. The molecule has 0 bridgehead atoms. The Balaban J connectivity index is 2.15. The monoisotopic (exact) mass is 230 g/mol. The first kappa shape index (κ1) is 12.8. The van der Waals surface area contributed by atoms with Crippen LogP contribution in [0.1, 0.15) is 13.8 Å². The molecule has 2 amide bonds. The predicted molar refractivity (Wildman–Crippen MR) is 57.2 cm³/mol. The van der Waals surface area contributed by atoms with Gasteiger partial charge in [0, 0.05) is 26.2 Å². The average Bonchev–Trinajstić information content (AvgIpc) is 2.12. The van der Waals surface area contributed by atoms with E-state index in [4.69, 9.17) is 9.84 Å². The SMILES string of the molecule is CCOC(C)CNC(=O)N1CC(C(=O)O)C1. The Hall–Kier alpha value is -1.30. The van der Waals surface area contributed by atoms with Gasteiger partial charge in [-0.15, -0.1) is 0 Å². The largest absolute Gasteiger partial charge is 0.481 e. The van der Waals surface area contributed by atoms with Crippen molar-refractivity contribution in [2.24, 2.45) is 5.92 Å². The standard InChI is InChI=1S/C10H18N2O4/c1-3-16-7(2)4-11-10(15)12-5-8(6-12)9(13)14/h7-8H,3-6H2,1-2H3,(H,11,15)(H,13,14). The average molecular weight is 230 g/mol. The van der Waals surface area contributed by atoms with Gasteiger partial charge in [0.15, 0.2) is 0 Å². The normalized spacial score (nSPS) is 17.8. The maximum atomic E-state index is 11.5. The fraction of sp³-hybridized carbons (Fsp3) is 0.800. The summed E-state index contributed by atoms with van der Waals surface area (Å²) in [5.74, 6) is -1.25. The molecule has 1 saturated heterocycles. The van der Waals surface area contributed by atoms with Crippen molar-refractivity contribution in [2.75, 3.05) is 26.2 Å². The summed E-state index contributed by atoms with van der Waals surface area (Å²) < 4.78 is 5.26. The van der Waals surface area contributed by atoms with E-state index in [2.05, 4.69) is 5.32 Å². The highest BCUT2D eigenvalue weighted by atomic mass is 16.5. The van der Waals surface area contributed by atoms with Gasteiger partial charge in [-0.3, -0.25) is 4.79 Å². The number of amides is 2. The summed E-state index contributed by atoms with van der Waals surface area (Å²) in [6.07, 6.45) is -0.0227. The molecule has 1 unspecified atom stereocenters. The number of hydrogen-bond donors (Lipinski definition) is 2. The van der Waals surface area contributed by atoms with Crippen molar-refractivity contribution in [1.29, 1.82) is 0 Å². The molecule has 0 aromatic heterocycles. The molecule has 6 nitrogen and oxygen atoms in total. The van der Waals surface area contributed by atoms with Crippen molar-refractivity contribution in [3.05, 3.63) is 0 Å². The van der Waals surface area contributed by atoms with Crippen LogP contribution >= 0.6 is 0 Å². The molecule has 0 aliphatic carbocycles. The van der Waals surface area contributed by atoms with E-state index in [1.54, 1.807) is 0 Å². The van der Waals surface area contributed by atoms with E-state index < -0.39 is 11.9 Å². The number of likely N-dealkylation sites (tertiary alicyclic amines) is 1. The number of carbonyl (C=O) groups is 2. The van der Waals surface area contributed by atoms with Crippen LogP contribution in [0.2, 0.25) is 0 Å². The highest BCUT2D eigenvalue weighted by Gasteiger charge is 2.35. The second kappa shape index (κ2) is 5.69. The van der Waals surface area contributed by atoms with Crippen molar-refractivity contribution in [3.63, 3.8) is 0 Å². The van der Waals surface area contributed by atoms with E-state index in [-0.39, 0.29) is 12.1 Å². The van der Waals surface area contributed by atoms with Crippen LogP contribution in [0.3, 0.4) is 0 Å². The lowest BCUT2D eigenvalue weighted by Gasteiger charge is -2.36. The lowest BCUT2D eigenvalue weighted by Crippen LogP contribution is -2.56. The minimum absolute atomic E-state index is 0.0227. The van der Waals surface area contributed by atoms with Crippen molar-refractivity contribution in [2.45, 2.75) is 20.0 Å². The number of rotatable bonds is 5. The Morgan fingerprint density at radius 1 is 1.56 bits per heavy atom. The number of urea groups is 1. The molecule has 1 fully saturated rings. The Morgan fingerprint density at radius 3 is 2.69 bits per heavy atom. The first-order chi connectivity index (χ1) is 7.54. The number of aliphatic carboxylic acids is 1. The van der Waals surface area contributed by atoms with E-state index in [1.165, 1.54) is 4.90 Å². The summed E-state index contributed by atoms with van der Waals surface area (Å²) in [5, 5.41) is 11.3. The highest BCUT2D eigenvalue weighted by molar-refractivity contribution is 5.79. The van der Waals surface area contributed by atoms with Gasteiger partial charge in [0.05, 0.1) is 12.0 Å². The number of hydrogen-bond acceptors (Lipinski definition) is 3. The topological polar surface area (TPSA) is 78.9 Å². The summed E-state index contributed by atoms with van der Waals surface area (Å²) in [5.41, 5.74) is 0. The number of nitrogens with one attached hydrogen (secondary N) is 1. The molecule has 16 heavy (non-hydrogen) atoms. The number of carboxylic acid groups (broad SMARTS) is 1. The molecular formula is C10H18N2O4. The maximum Gasteiger partial charge on any atom is 0.317 e. The van der Waals surface area contributed by atoms with Crippen LogP contribution in [0, 0.1) is 5.92 Å². The van der Waals surface area contributed by atoms with Crippen LogP contribution in [0.4, 0.5) is 4.79 Å². The molecule has 92 valence electrons. The first-order valence-electron chi connectivity index (χ1n) is 5.41. The molecule has 0 aromatic carbocycles. The molecule has 6 heteroatoms. The third-order valence-corrected chi connectivity index (χ3v) is 2.51. The van der Waals surface area contributed by atoms with E-state index in [0.717, 1.165) is 0 Å². The summed E-state index contributed by atoms with van der Waals surface area (Å²) in [6.45, 7) is 5.42. The minimum atomic E-state index is -0.841. The third kappa shape index (κ3) is 3.37. The molecule has 0 spiro atoms. The van der Waals surface area contributed by atoms with Crippen LogP contribution in [0.15, 0.2) is 0 Å². The molecule has 1 atom stereocenters. The van der Waals surface area contributed by atoms with Gasteiger partial charge >= 0.3 is 12.0 Å². The third-order valence-electron chi connectivity index (χ3n) is 2.51. The minimum Gasteiger partial charge on any atom is -0.481 e. The lowest BCUT2D eigenvalue weighted by atomic mass is 10.0. The summed E-state index contributed by atoms with van der Waals surface area (Å²) in [7, 11) is 0. The summed E-state index contributed by atoms with van der Waals surface area (Å²) in [6, 6.07) is -0.218. The molecule has 0 saturated carbocycles. The van der Waals surface area contributed by atoms with Crippen LogP contribution < -0.4 is 5.32 Å². The smallest absolute Gasteiger partial charge is 0.317 e. The second-order valence-electron chi connectivity index (χ2n) is 3.89. The van der Waals surface area contributed by atoms with Crippen LogP contribution in [0.5, 0.6) is 0 Å². The summed E-state index contributed by atoms with van der Waals surface area (Å²) >= 11 is 0. The van der Waals surface area contributed by atoms with Crippen LogP contribution in [-0.4, -0.2) is 54.4 Å². The number of carboxylic acids is 1. The van der Waals surface area contributed by atoms with Gasteiger partial charge in [-0.1, -0.05) is 0 Å². The zero-order valence-electron chi connectivity index (χ0n) is 9.60.